The van der Waals surface area contributed by atoms with Crippen LogP contribution in [0, 0.1) is 0 Å². The van der Waals surface area contributed by atoms with Crippen LogP contribution in [0.1, 0.15) is 28.3 Å². The number of nitrogens with two attached hydrogens (primary N) is 1. The summed E-state index contributed by atoms with van der Waals surface area (Å²) in [5.41, 5.74) is 6.39. The first-order valence-electron chi connectivity index (χ1n) is 6.95. The van der Waals surface area contributed by atoms with Crippen molar-refractivity contribution in [3.63, 3.8) is 0 Å². The summed E-state index contributed by atoms with van der Waals surface area (Å²) in [5.74, 6) is -3.07. The average Bonchev–Trinajstić information content (AvgIpc) is 2.53. The smallest absolute Gasteiger partial charge is 0.311 e. The van der Waals surface area contributed by atoms with Gasteiger partial charge >= 0.3 is 5.97 Å². The summed E-state index contributed by atoms with van der Waals surface area (Å²) in [4.78, 5) is 34.6. The normalized spacial score (nSPS) is 11.5. The van der Waals surface area contributed by atoms with E-state index in [1.807, 2.05) is 0 Å². The predicted molar refractivity (Wildman–Crippen MR) is 85.0 cm³/mol. The summed E-state index contributed by atoms with van der Waals surface area (Å²) >= 11 is 0. The quantitative estimate of drug-likeness (QED) is 0.757. The van der Waals surface area contributed by atoms with Gasteiger partial charge in [0.2, 0.25) is 11.8 Å². The summed E-state index contributed by atoms with van der Waals surface area (Å²) in [6.07, 6.45) is -0.208. The van der Waals surface area contributed by atoms with Gasteiger partial charge in [0.15, 0.2) is 0 Å². The minimum absolute atomic E-state index is 0.208. The molecule has 6 heteroatoms. The number of carboxylic acid groups (broad SMARTS) is 1. The summed E-state index contributed by atoms with van der Waals surface area (Å²) in [6, 6.07) is 14.7. The second kappa shape index (κ2) is 7.22. The number of carbonyl (C=O) groups is 3. The summed E-state index contributed by atoms with van der Waals surface area (Å²) < 4.78 is 0. The third-order valence-electron chi connectivity index (χ3n) is 3.32. The lowest BCUT2D eigenvalue weighted by Gasteiger charge is -2.13. The van der Waals surface area contributed by atoms with Crippen LogP contribution < -0.4 is 11.1 Å². The van der Waals surface area contributed by atoms with Crippen molar-refractivity contribution in [3.05, 3.63) is 65.7 Å². The van der Waals surface area contributed by atoms with Crippen LogP contribution in [0.5, 0.6) is 0 Å². The van der Waals surface area contributed by atoms with Crippen molar-refractivity contribution in [2.75, 3.05) is 5.32 Å². The third-order valence-corrected chi connectivity index (χ3v) is 3.32. The van der Waals surface area contributed by atoms with Crippen molar-refractivity contribution >= 4 is 23.5 Å². The first-order chi connectivity index (χ1) is 11.0. The molecule has 0 heterocycles. The zero-order valence-corrected chi connectivity index (χ0v) is 12.2. The molecule has 23 heavy (non-hydrogen) atoms. The van der Waals surface area contributed by atoms with Crippen molar-refractivity contribution in [2.45, 2.75) is 12.3 Å². The second-order valence-corrected chi connectivity index (χ2v) is 5.00. The van der Waals surface area contributed by atoms with Crippen molar-refractivity contribution in [2.24, 2.45) is 5.73 Å². The maximum atomic E-state index is 12.1. The van der Waals surface area contributed by atoms with Gasteiger partial charge < -0.3 is 16.2 Å². The molecule has 6 nitrogen and oxygen atoms in total. The lowest BCUT2D eigenvalue weighted by atomic mass is 9.95. The zero-order chi connectivity index (χ0) is 16.8. The molecule has 2 aromatic carbocycles. The van der Waals surface area contributed by atoms with Crippen LogP contribution >= 0.6 is 0 Å². The van der Waals surface area contributed by atoms with E-state index in [1.165, 1.54) is 12.1 Å². The Morgan fingerprint density at radius 3 is 2.35 bits per heavy atom. The first-order valence-corrected chi connectivity index (χ1v) is 6.95. The molecule has 2 rings (SSSR count). The van der Waals surface area contributed by atoms with Crippen molar-refractivity contribution < 1.29 is 19.5 Å². The molecular formula is C17H16N2O4. The van der Waals surface area contributed by atoms with Gasteiger partial charge in [-0.15, -0.1) is 0 Å². The van der Waals surface area contributed by atoms with Gasteiger partial charge in [-0.05, 0) is 23.8 Å². The average molecular weight is 312 g/mol. The van der Waals surface area contributed by atoms with Crippen LogP contribution in [-0.2, 0) is 9.59 Å². The number of hydrogen-bond acceptors (Lipinski definition) is 3. The SMILES string of the molecule is NC(=O)c1cccc(NC(=O)C[C@H](C(=O)O)c2ccccc2)c1. The van der Waals surface area contributed by atoms with Crippen LogP contribution in [0.3, 0.4) is 0 Å². The second-order valence-electron chi connectivity index (χ2n) is 5.00. The number of anilines is 1. The Hall–Kier alpha value is -3.15. The molecule has 0 saturated carbocycles. The van der Waals surface area contributed by atoms with Crippen LogP contribution in [0.4, 0.5) is 5.69 Å². The van der Waals surface area contributed by atoms with Gasteiger partial charge in [-0.1, -0.05) is 36.4 Å². The van der Waals surface area contributed by atoms with E-state index in [4.69, 9.17) is 5.73 Å². The standard InChI is InChI=1S/C17H16N2O4/c18-16(21)12-7-4-8-13(9-12)19-15(20)10-14(17(22)23)11-5-2-1-3-6-11/h1-9,14H,10H2,(H2,18,21)(H,19,20)(H,22,23)/t14-/m0/s1. The Kier molecular flexibility index (Phi) is 5.09. The molecule has 0 aliphatic rings. The molecule has 0 fully saturated rings. The molecule has 118 valence electrons. The number of carboxylic acids is 1. The van der Waals surface area contributed by atoms with Gasteiger partial charge in [0, 0.05) is 17.7 Å². The lowest BCUT2D eigenvalue weighted by molar-refractivity contribution is -0.140. The largest absolute Gasteiger partial charge is 0.481 e. The highest BCUT2D eigenvalue weighted by atomic mass is 16.4. The van der Waals surface area contributed by atoms with Gasteiger partial charge in [-0.25, -0.2) is 0 Å². The molecule has 0 aliphatic heterocycles. The molecule has 2 aromatic rings. The third kappa shape index (κ3) is 4.41. The van der Waals surface area contributed by atoms with Gasteiger partial charge in [-0.3, -0.25) is 14.4 Å². The molecule has 0 radical (unpaired) electrons. The lowest BCUT2D eigenvalue weighted by Crippen LogP contribution is -2.21. The molecule has 2 amide bonds. The number of benzene rings is 2. The maximum Gasteiger partial charge on any atom is 0.311 e. The fraction of sp³-hybridized carbons (Fsp3) is 0.118. The van der Waals surface area contributed by atoms with Crippen molar-refractivity contribution in [1.82, 2.24) is 0 Å². The van der Waals surface area contributed by atoms with Crippen LogP contribution in [0.25, 0.3) is 0 Å². The Morgan fingerprint density at radius 1 is 1.04 bits per heavy atom. The highest BCUT2D eigenvalue weighted by Crippen LogP contribution is 2.21. The number of rotatable bonds is 6. The van der Waals surface area contributed by atoms with E-state index >= 15 is 0 Å². The van der Waals surface area contributed by atoms with E-state index in [0.29, 0.717) is 11.3 Å². The molecule has 1 atom stereocenters. The number of hydrogen-bond donors (Lipinski definition) is 3. The predicted octanol–water partition coefficient (Wildman–Crippen LogP) is 1.98. The number of aliphatic carboxylic acids is 1. The van der Waals surface area contributed by atoms with Gasteiger partial charge in [0.25, 0.3) is 0 Å². The van der Waals surface area contributed by atoms with Crippen molar-refractivity contribution in [3.8, 4) is 0 Å². The highest BCUT2D eigenvalue weighted by Gasteiger charge is 2.23. The number of nitrogens with one attached hydrogen (secondary N) is 1. The van der Waals surface area contributed by atoms with E-state index < -0.39 is 23.7 Å². The van der Waals surface area contributed by atoms with Gasteiger partial charge in [0.05, 0.1) is 5.92 Å². The van der Waals surface area contributed by atoms with Crippen molar-refractivity contribution in [1.29, 1.82) is 0 Å². The van der Waals surface area contributed by atoms with E-state index in [-0.39, 0.29) is 12.0 Å². The fourth-order valence-corrected chi connectivity index (χ4v) is 2.18. The zero-order valence-electron chi connectivity index (χ0n) is 12.2. The number of carbonyl (C=O) groups excluding carboxylic acids is 2. The Bertz CT molecular complexity index is 728. The molecule has 0 bridgehead atoms. The topological polar surface area (TPSA) is 109 Å². The molecule has 0 unspecified atom stereocenters. The molecular weight excluding hydrogens is 296 g/mol. The molecule has 0 saturated heterocycles. The number of amides is 2. The van der Waals surface area contributed by atoms with Crippen LogP contribution in [0.2, 0.25) is 0 Å². The Balaban J connectivity index is 2.10. The fourth-order valence-electron chi connectivity index (χ4n) is 2.18. The summed E-state index contributed by atoms with van der Waals surface area (Å²) in [6.45, 7) is 0. The van der Waals surface area contributed by atoms with Gasteiger partial charge in [0.1, 0.15) is 0 Å². The van der Waals surface area contributed by atoms with E-state index in [0.717, 1.165) is 0 Å². The first kappa shape index (κ1) is 16.2. The molecule has 0 aromatic heterocycles. The van der Waals surface area contributed by atoms with Crippen LogP contribution in [0.15, 0.2) is 54.6 Å². The Labute approximate surface area is 132 Å². The number of primary amides is 1. The van der Waals surface area contributed by atoms with E-state index in [9.17, 15) is 19.5 Å². The molecule has 0 aliphatic carbocycles. The van der Waals surface area contributed by atoms with Crippen LogP contribution in [-0.4, -0.2) is 22.9 Å². The minimum Gasteiger partial charge on any atom is -0.481 e. The summed E-state index contributed by atoms with van der Waals surface area (Å²) in [7, 11) is 0. The minimum atomic E-state index is -1.07. The highest BCUT2D eigenvalue weighted by molar-refractivity contribution is 5.97. The van der Waals surface area contributed by atoms with E-state index in [2.05, 4.69) is 5.32 Å². The monoisotopic (exact) mass is 312 g/mol. The molecule has 0 spiro atoms. The van der Waals surface area contributed by atoms with E-state index in [1.54, 1.807) is 42.5 Å². The van der Waals surface area contributed by atoms with Gasteiger partial charge in [-0.2, -0.15) is 0 Å². The molecule has 4 N–H and O–H groups in total. The summed E-state index contributed by atoms with van der Waals surface area (Å²) in [5, 5.41) is 11.9. The maximum absolute atomic E-state index is 12.1. The Morgan fingerprint density at radius 2 is 1.74 bits per heavy atom.